The van der Waals surface area contributed by atoms with Gasteiger partial charge in [0.25, 0.3) is 10.0 Å². The summed E-state index contributed by atoms with van der Waals surface area (Å²) in [6.45, 7) is 6.12. The van der Waals surface area contributed by atoms with Crippen LogP contribution in [0.15, 0.2) is 71.8 Å². The summed E-state index contributed by atoms with van der Waals surface area (Å²) >= 11 is 1.65. The monoisotopic (exact) mass is 645 g/mol. The maximum absolute atomic E-state index is 13.7. The fourth-order valence-electron chi connectivity index (χ4n) is 5.72. The van der Waals surface area contributed by atoms with Crippen LogP contribution in [0.25, 0.3) is 32.9 Å². The number of esters is 1. The summed E-state index contributed by atoms with van der Waals surface area (Å²) in [5.74, 6) is 1.44. The third kappa shape index (κ3) is 5.86. The van der Waals surface area contributed by atoms with E-state index in [1.807, 2.05) is 37.3 Å². The highest BCUT2D eigenvalue weighted by atomic mass is 32.2. The van der Waals surface area contributed by atoms with Crippen LogP contribution >= 0.6 is 11.8 Å². The van der Waals surface area contributed by atoms with Crippen molar-refractivity contribution in [2.75, 3.05) is 20.2 Å². The standard InChI is InChI=1S/C34H35N3O6S2/c1-20(2)31-32(22-8-10-25(41-4)11-9-22)28-16-24-18-35-37(45(39,40)27-12-6-21(3)7-13-27)30(24)17-29(28)36-33(31)43-19-44-26-14-23(15-26)34(38)42-5/h6-13,16-18,20,23,26H,14-15,19H2,1-5H3. The lowest BCUT2D eigenvalue weighted by Gasteiger charge is -2.32. The van der Waals surface area contributed by atoms with Gasteiger partial charge in [0.15, 0.2) is 0 Å². The number of fused-ring (bicyclic) bond motifs is 2. The van der Waals surface area contributed by atoms with E-state index in [2.05, 4.69) is 18.9 Å². The van der Waals surface area contributed by atoms with Gasteiger partial charge in [-0.15, -0.1) is 11.8 Å². The average molecular weight is 646 g/mol. The number of methoxy groups -OCH3 is 2. The zero-order valence-corrected chi connectivity index (χ0v) is 27.4. The highest BCUT2D eigenvalue weighted by Gasteiger charge is 2.35. The van der Waals surface area contributed by atoms with Crippen LogP contribution in [0.4, 0.5) is 0 Å². The molecule has 1 aliphatic rings. The van der Waals surface area contributed by atoms with Crippen LogP contribution in [0.2, 0.25) is 0 Å². The lowest BCUT2D eigenvalue weighted by Crippen LogP contribution is -2.33. The number of ether oxygens (including phenoxy) is 3. The summed E-state index contributed by atoms with van der Waals surface area (Å²) in [7, 11) is -0.892. The van der Waals surface area contributed by atoms with Crippen molar-refractivity contribution in [3.8, 4) is 22.8 Å². The molecular weight excluding hydrogens is 611 g/mol. The SMILES string of the molecule is COC(=O)C1CC(SCOc2nc3cc4c(cnn4S(=O)(=O)c4ccc(C)cc4)cc3c(-c3ccc(OC)cc3)c2C(C)C)C1. The van der Waals surface area contributed by atoms with E-state index in [0.29, 0.717) is 33.5 Å². The molecule has 0 atom stereocenters. The number of nitrogens with zero attached hydrogens (tertiary/aromatic N) is 3. The van der Waals surface area contributed by atoms with Crippen molar-refractivity contribution in [2.45, 2.75) is 49.7 Å². The molecule has 234 valence electrons. The minimum atomic E-state index is -3.95. The molecule has 5 aromatic rings. The van der Waals surface area contributed by atoms with Gasteiger partial charge in [-0.05, 0) is 73.2 Å². The number of carbonyl (C=O) groups is 1. The quantitative estimate of drug-likeness (QED) is 0.118. The number of hydrogen-bond donors (Lipinski definition) is 0. The number of rotatable bonds is 10. The molecule has 3 aromatic carbocycles. The predicted molar refractivity (Wildman–Crippen MR) is 176 cm³/mol. The number of benzene rings is 3. The zero-order valence-electron chi connectivity index (χ0n) is 25.8. The van der Waals surface area contributed by atoms with Crippen molar-refractivity contribution < 1.29 is 27.4 Å². The van der Waals surface area contributed by atoms with Crippen molar-refractivity contribution in [1.29, 1.82) is 0 Å². The van der Waals surface area contributed by atoms with Crippen molar-refractivity contribution in [3.05, 3.63) is 78.0 Å². The molecule has 2 aromatic heterocycles. The van der Waals surface area contributed by atoms with Gasteiger partial charge < -0.3 is 14.2 Å². The van der Waals surface area contributed by atoms with Gasteiger partial charge in [-0.25, -0.2) is 4.98 Å². The van der Waals surface area contributed by atoms with Crippen molar-refractivity contribution in [2.24, 2.45) is 5.92 Å². The lowest BCUT2D eigenvalue weighted by atomic mass is 9.85. The number of hydrogen-bond acceptors (Lipinski definition) is 9. The fraction of sp³-hybridized carbons (Fsp3) is 0.324. The molecule has 2 heterocycles. The molecule has 0 radical (unpaired) electrons. The Bertz CT molecular complexity index is 1980. The number of aromatic nitrogens is 3. The zero-order chi connectivity index (χ0) is 31.9. The maximum atomic E-state index is 13.7. The van der Waals surface area contributed by atoms with E-state index < -0.39 is 10.0 Å². The van der Waals surface area contributed by atoms with Gasteiger partial charge in [-0.3, -0.25) is 4.79 Å². The van der Waals surface area contributed by atoms with Crippen molar-refractivity contribution in [1.82, 2.24) is 14.2 Å². The van der Waals surface area contributed by atoms with Crippen molar-refractivity contribution in [3.63, 3.8) is 0 Å². The molecule has 0 N–H and O–H groups in total. The molecular formula is C34H35N3O6S2. The Morgan fingerprint density at radius 1 is 1.04 bits per heavy atom. The summed E-state index contributed by atoms with van der Waals surface area (Å²) in [5.41, 5.74) is 4.86. The van der Waals surface area contributed by atoms with Gasteiger partial charge in [0.1, 0.15) is 11.7 Å². The average Bonchev–Trinajstić information content (AvgIpc) is 3.44. The molecule has 0 unspecified atom stereocenters. The minimum absolute atomic E-state index is 0.0531. The molecule has 0 amide bonds. The Labute approximate surface area is 266 Å². The molecule has 11 heteroatoms. The highest BCUT2D eigenvalue weighted by molar-refractivity contribution is 7.99. The van der Waals surface area contributed by atoms with Crippen LogP contribution in [0, 0.1) is 12.8 Å². The first kappa shape index (κ1) is 30.9. The third-order valence-electron chi connectivity index (χ3n) is 8.28. The molecule has 0 aliphatic heterocycles. The van der Waals surface area contributed by atoms with Crippen LogP contribution in [0.3, 0.4) is 0 Å². The van der Waals surface area contributed by atoms with Crippen LogP contribution < -0.4 is 9.47 Å². The van der Waals surface area contributed by atoms with E-state index in [-0.39, 0.29) is 22.7 Å². The van der Waals surface area contributed by atoms with Crippen molar-refractivity contribution >= 4 is 49.6 Å². The van der Waals surface area contributed by atoms with E-state index in [9.17, 15) is 13.2 Å². The summed E-state index contributed by atoms with van der Waals surface area (Å²) in [4.78, 5) is 17.0. The second kappa shape index (κ2) is 12.4. The predicted octanol–water partition coefficient (Wildman–Crippen LogP) is 6.95. The second-order valence-electron chi connectivity index (χ2n) is 11.6. The second-order valence-corrected chi connectivity index (χ2v) is 14.6. The Hall–Kier alpha value is -4.09. The molecule has 1 fully saturated rings. The molecule has 9 nitrogen and oxygen atoms in total. The first-order chi connectivity index (χ1) is 21.6. The van der Waals surface area contributed by atoms with Crippen LogP contribution in [-0.4, -0.2) is 54.0 Å². The van der Waals surface area contributed by atoms with E-state index in [4.69, 9.17) is 19.2 Å². The number of aryl methyl sites for hydroxylation is 1. The van der Waals surface area contributed by atoms with Gasteiger partial charge in [0.05, 0.1) is 42.3 Å². The Balaban J connectivity index is 1.46. The number of pyridine rings is 1. The minimum Gasteiger partial charge on any atom is -0.497 e. The maximum Gasteiger partial charge on any atom is 0.308 e. The summed E-state index contributed by atoms with van der Waals surface area (Å²) < 4.78 is 45.0. The largest absolute Gasteiger partial charge is 0.497 e. The van der Waals surface area contributed by atoms with Gasteiger partial charge in [0.2, 0.25) is 5.88 Å². The highest BCUT2D eigenvalue weighted by Crippen LogP contribution is 2.43. The van der Waals surface area contributed by atoms with E-state index in [1.54, 1.807) is 55.4 Å². The summed E-state index contributed by atoms with van der Waals surface area (Å²) in [6.07, 6.45) is 3.10. The van der Waals surface area contributed by atoms with Gasteiger partial charge in [-0.2, -0.15) is 17.6 Å². The van der Waals surface area contributed by atoms with Gasteiger partial charge >= 0.3 is 5.97 Å². The van der Waals surface area contributed by atoms with E-state index >= 15 is 0 Å². The number of carbonyl (C=O) groups excluding carboxylic acids is 1. The van der Waals surface area contributed by atoms with Crippen LogP contribution in [0.5, 0.6) is 11.6 Å². The number of thioether (sulfide) groups is 1. The Morgan fingerprint density at radius 3 is 2.40 bits per heavy atom. The molecule has 45 heavy (non-hydrogen) atoms. The topological polar surface area (TPSA) is 110 Å². The molecule has 0 bridgehead atoms. The molecule has 6 rings (SSSR count). The third-order valence-corrected chi connectivity index (χ3v) is 11.0. The van der Waals surface area contributed by atoms with Crippen LogP contribution in [0.1, 0.15) is 43.7 Å². The van der Waals surface area contributed by atoms with E-state index in [1.165, 1.54) is 7.11 Å². The smallest absolute Gasteiger partial charge is 0.308 e. The summed E-state index contributed by atoms with van der Waals surface area (Å²) in [6, 6.07) is 18.3. The molecule has 1 aliphatic carbocycles. The molecule has 0 spiro atoms. The van der Waals surface area contributed by atoms with Gasteiger partial charge in [-0.1, -0.05) is 43.7 Å². The first-order valence-electron chi connectivity index (χ1n) is 14.7. The lowest BCUT2D eigenvalue weighted by molar-refractivity contribution is -0.148. The Morgan fingerprint density at radius 2 is 1.76 bits per heavy atom. The van der Waals surface area contributed by atoms with Crippen LogP contribution in [-0.2, 0) is 19.6 Å². The Kier molecular flexibility index (Phi) is 8.49. The van der Waals surface area contributed by atoms with Gasteiger partial charge in [0, 0.05) is 21.6 Å². The van der Waals surface area contributed by atoms with E-state index in [0.717, 1.165) is 50.3 Å². The molecule has 0 saturated heterocycles. The normalized spacial score (nSPS) is 16.6. The first-order valence-corrected chi connectivity index (χ1v) is 17.2. The summed E-state index contributed by atoms with van der Waals surface area (Å²) in [5, 5.41) is 6.17. The fourth-order valence-corrected chi connectivity index (χ4v) is 8.09. The molecule has 1 saturated carbocycles.